The smallest absolute Gasteiger partial charge is 0.462 e. The molecule has 0 saturated carbocycles. The van der Waals surface area contributed by atoms with E-state index in [9.17, 15) is 28.9 Å². The Morgan fingerprint density at radius 1 is 0.412 bits per heavy atom. The van der Waals surface area contributed by atoms with Crippen LogP contribution >= 0.6 is 7.82 Å². The van der Waals surface area contributed by atoms with Crippen molar-refractivity contribution in [3.8, 4) is 0 Å². The van der Waals surface area contributed by atoms with E-state index >= 15 is 0 Å². The van der Waals surface area contributed by atoms with E-state index in [1.807, 2.05) is 0 Å². The predicted octanol–water partition coefficient (Wildman–Crippen LogP) is 16.3. The zero-order chi connectivity index (χ0) is 49.9. The van der Waals surface area contributed by atoms with Crippen LogP contribution in [0.1, 0.15) is 278 Å². The topological polar surface area (TPSA) is 155 Å². The molecule has 3 atom stereocenters. The van der Waals surface area contributed by atoms with Crippen molar-refractivity contribution in [2.75, 3.05) is 26.4 Å². The number of hydrogen-bond donors (Lipinski definition) is 2. The lowest BCUT2D eigenvalue weighted by Crippen LogP contribution is -2.30. The fraction of sp³-hybridized carbons (Fsp3) is 0.875. The Bertz CT molecular complexity index is 1240. The van der Waals surface area contributed by atoms with E-state index < -0.39 is 57.8 Å². The van der Waals surface area contributed by atoms with Crippen LogP contribution in [0.3, 0.4) is 0 Å². The van der Waals surface area contributed by atoms with Crippen molar-refractivity contribution >= 4 is 25.7 Å². The van der Waals surface area contributed by atoms with Gasteiger partial charge in [-0.3, -0.25) is 23.4 Å². The van der Waals surface area contributed by atoms with E-state index in [2.05, 4.69) is 45.1 Å². The van der Waals surface area contributed by atoms with Gasteiger partial charge in [0.2, 0.25) is 0 Å². The summed E-state index contributed by atoms with van der Waals surface area (Å²) in [5, 5.41) is 9.76. The fourth-order valence-electron chi connectivity index (χ4n) is 8.03. The third kappa shape index (κ3) is 49.0. The molecule has 0 fully saturated rings. The van der Waals surface area contributed by atoms with Crippen LogP contribution in [-0.4, -0.2) is 66.5 Å². The summed E-state index contributed by atoms with van der Waals surface area (Å²) in [5.41, 5.74) is 0. The first-order chi connectivity index (χ1) is 33.2. The molecule has 0 aromatic rings. The minimum atomic E-state index is -4.73. The Labute approximate surface area is 417 Å². The molecule has 0 bridgehead atoms. The Kier molecular flexibility index (Phi) is 49.8. The number of phosphoric acid groups is 1. The average molecular weight is 985 g/mol. The van der Waals surface area contributed by atoms with Crippen molar-refractivity contribution in [2.24, 2.45) is 0 Å². The van der Waals surface area contributed by atoms with Crippen molar-refractivity contribution < 1.29 is 52.2 Å². The quantitative estimate of drug-likeness (QED) is 0.0197. The molecule has 0 aliphatic carbocycles. The van der Waals surface area contributed by atoms with Crippen molar-refractivity contribution in [3.05, 3.63) is 24.3 Å². The van der Waals surface area contributed by atoms with Crippen molar-refractivity contribution in [3.63, 3.8) is 0 Å². The standard InChI is InChI=1S/C56H105O11P/c1-4-7-10-13-16-19-21-23-24-25-26-27-28-30-31-34-36-39-42-45-54(58)63-49-53(67-56(60)47-44-41-38-35-32-29-22-20-17-14-11-8-5-2)51-65-68(61,62)64-50-52(48-57)66-55(59)46-43-40-37-33-18-15-12-9-6-3/h16,19,23-24,52-53,57H,4-15,17-18,20-22,25-51H2,1-3H3,(H,61,62)/b19-16-,24-23-. The molecule has 0 aliphatic rings. The number of aliphatic hydroxyl groups excluding tert-OH is 1. The van der Waals surface area contributed by atoms with Crippen LogP contribution in [-0.2, 0) is 42.2 Å². The van der Waals surface area contributed by atoms with Gasteiger partial charge in [0.15, 0.2) is 6.10 Å². The first-order valence-corrected chi connectivity index (χ1v) is 29.7. The molecule has 0 aromatic heterocycles. The van der Waals surface area contributed by atoms with Crippen LogP contribution in [0.4, 0.5) is 0 Å². The largest absolute Gasteiger partial charge is 0.472 e. The van der Waals surface area contributed by atoms with Crippen molar-refractivity contribution in [1.29, 1.82) is 0 Å². The van der Waals surface area contributed by atoms with Crippen LogP contribution in [0, 0.1) is 0 Å². The van der Waals surface area contributed by atoms with E-state index in [0.29, 0.717) is 19.3 Å². The summed E-state index contributed by atoms with van der Waals surface area (Å²) in [7, 11) is -4.73. The number of carbonyl (C=O) groups excluding carboxylic acids is 3. The van der Waals surface area contributed by atoms with Gasteiger partial charge >= 0.3 is 25.7 Å². The molecule has 0 aliphatic heterocycles. The third-order valence-corrected chi connectivity index (χ3v) is 13.3. The van der Waals surface area contributed by atoms with Gasteiger partial charge in [-0.1, -0.05) is 231 Å². The van der Waals surface area contributed by atoms with Crippen LogP contribution in [0.2, 0.25) is 0 Å². The molecule has 0 rings (SSSR count). The molecule has 0 heterocycles. The Morgan fingerprint density at radius 2 is 0.721 bits per heavy atom. The number of allylic oxidation sites excluding steroid dienone is 4. The monoisotopic (exact) mass is 985 g/mol. The number of unbranched alkanes of at least 4 members (excludes halogenated alkanes) is 32. The molecular formula is C56H105O11P. The molecule has 12 heteroatoms. The minimum Gasteiger partial charge on any atom is -0.462 e. The molecule has 3 unspecified atom stereocenters. The van der Waals surface area contributed by atoms with Gasteiger partial charge in [0.25, 0.3) is 0 Å². The molecule has 0 saturated heterocycles. The first-order valence-electron chi connectivity index (χ1n) is 28.2. The summed E-state index contributed by atoms with van der Waals surface area (Å²) >= 11 is 0. The van der Waals surface area contributed by atoms with E-state index in [1.54, 1.807) is 0 Å². The highest BCUT2D eigenvalue weighted by Crippen LogP contribution is 2.43. The van der Waals surface area contributed by atoms with Crippen LogP contribution < -0.4 is 0 Å². The van der Waals surface area contributed by atoms with Gasteiger partial charge in [-0.2, -0.15) is 0 Å². The summed E-state index contributed by atoms with van der Waals surface area (Å²) in [5.74, 6) is -1.45. The van der Waals surface area contributed by atoms with Gasteiger partial charge in [-0.25, -0.2) is 4.57 Å². The zero-order valence-corrected chi connectivity index (χ0v) is 45.0. The normalized spacial score (nSPS) is 13.5. The maximum absolute atomic E-state index is 12.9. The lowest BCUT2D eigenvalue weighted by Gasteiger charge is -2.21. The number of aliphatic hydroxyl groups is 1. The highest BCUT2D eigenvalue weighted by molar-refractivity contribution is 7.47. The van der Waals surface area contributed by atoms with E-state index in [0.717, 1.165) is 70.6 Å². The number of phosphoric ester groups is 1. The number of rotatable bonds is 53. The van der Waals surface area contributed by atoms with Crippen LogP contribution in [0.25, 0.3) is 0 Å². The van der Waals surface area contributed by atoms with E-state index in [-0.39, 0.29) is 25.9 Å². The van der Waals surface area contributed by atoms with Gasteiger partial charge < -0.3 is 24.2 Å². The SMILES string of the molecule is CCCCC/C=C\C/C=C\CCCCCCCCCCCC(=O)OCC(COP(=O)(O)OCC(CO)OC(=O)CCCCCCCCCCC)OC(=O)CCCCCCCCCCCCCCC. The Hall–Kier alpha value is -2.04. The molecule has 68 heavy (non-hydrogen) atoms. The van der Waals surface area contributed by atoms with Crippen molar-refractivity contribution in [1.82, 2.24) is 0 Å². The van der Waals surface area contributed by atoms with E-state index in [1.165, 1.54) is 148 Å². The van der Waals surface area contributed by atoms with Gasteiger partial charge in [-0.15, -0.1) is 0 Å². The van der Waals surface area contributed by atoms with Gasteiger partial charge in [0.05, 0.1) is 19.8 Å². The molecule has 0 amide bonds. The number of ether oxygens (including phenoxy) is 3. The maximum Gasteiger partial charge on any atom is 0.472 e. The second kappa shape index (κ2) is 51.3. The highest BCUT2D eigenvalue weighted by Gasteiger charge is 2.28. The van der Waals surface area contributed by atoms with Gasteiger partial charge in [0.1, 0.15) is 12.7 Å². The molecule has 0 radical (unpaired) electrons. The average Bonchev–Trinajstić information content (AvgIpc) is 3.32. The Balaban J connectivity index is 4.66. The van der Waals surface area contributed by atoms with Gasteiger partial charge in [-0.05, 0) is 51.4 Å². The summed E-state index contributed by atoms with van der Waals surface area (Å²) < 4.78 is 39.4. The molecule has 400 valence electrons. The third-order valence-electron chi connectivity index (χ3n) is 12.4. The predicted molar refractivity (Wildman–Crippen MR) is 280 cm³/mol. The second-order valence-corrected chi connectivity index (χ2v) is 20.6. The molecular weight excluding hydrogens is 880 g/mol. The lowest BCUT2D eigenvalue weighted by atomic mass is 10.0. The van der Waals surface area contributed by atoms with Crippen molar-refractivity contribution in [2.45, 2.75) is 290 Å². The highest BCUT2D eigenvalue weighted by atomic mass is 31.2. The summed E-state index contributed by atoms with van der Waals surface area (Å²) in [6, 6.07) is 0. The first kappa shape index (κ1) is 66.0. The molecule has 2 N–H and O–H groups in total. The van der Waals surface area contributed by atoms with E-state index in [4.69, 9.17) is 23.3 Å². The number of hydrogen-bond acceptors (Lipinski definition) is 10. The lowest BCUT2D eigenvalue weighted by molar-refractivity contribution is -0.161. The van der Waals surface area contributed by atoms with Crippen LogP contribution in [0.5, 0.6) is 0 Å². The second-order valence-electron chi connectivity index (χ2n) is 19.1. The summed E-state index contributed by atoms with van der Waals surface area (Å²) in [6.45, 7) is 4.62. The number of carbonyl (C=O) groups is 3. The number of esters is 3. The molecule has 11 nitrogen and oxygen atoms in total. The van der Waals surface area contributed by atoms with Crippen LogP contribution in [0.15, 0.2) is 24.3 Å². The molecule has 0 aromatic carbocycles. The Morgan fingerprint density at radius 3 is 1.12 bits per heavy atom. The fourth-order valence-corrected chi connectivity index (χ4v) is 8.82. The maximum atomic E-state index is 12.9. The zero-order valence-electron chi connectivity index (χ0n) is 44.1. The minimum absolute atomic E-state index is 0.173. The molecule has 0 spiro atoms. The summed E-state index contributed by atoms with van der Waals surface area (Å²) in [6.07, 6.45) is 50.0. The van der Waals surface area contributed by atoms with Gasteiger partial charge in [0, 0.05) is 19.3 Å². The summed E-state index contributed by atoms with van der Waals surface area (Å²) in [4.78, 5) is 48.3.